The minimum atomic E-state index is 0.637. The second-order valence-electron chi connectivity index (χ2n) is 3.75. The molecule has 0 unspecified atom stereocenters. The molecule has 0 saturated heterocycles. The molecular weight excluding hydrogens is 238 g/mol. The fourth-order valence-corrected chi connectivity index (χ4v) is 1.60. The minimum absolute atomic E-state index is 0.637. The Labute approximate surface area is 105 Å². The summed E-state index contributed by atoms with van der Waals surface area (Å²) in [7, 11) is 1.89. The van der Waals surface area contributed by atoms with Crippen molar-refractivity contribution in [3.8, 4) is 0 Å². The molecule has 1 N–H and O–H groups in total. The van der Waals surface area contributed by atoms with Crippen LogP contribution in [-0.2, 0) is 12.8 Å². The topological polar surface area (TPSA) is 51.0 Å². The smallest absolute Gasteiger partial charge is 0.220 e. The van der Waals surface area contributed by atoms with E-state index in [0.29, 0.717) is 18.2 Å². The lowest BCUT2D eigenvalue weighted by molar-refractivity contribution is 0.454. The molecule has 0 atom stereocenters. The Balaban J connectivity index is 1.98. The molecule has 1 heterocycles. The van der Waals surface area contributed by atoms with Crippen LogP contribution in [0.15, 0.2) is 28.7 Å². The van der Waals surface area contributed by atoms with Crippen LogP contribution in [0, 0.1) is 0 Å². The van der Waals surface area contributed by atoms with E-state index in [1.807, 2.05) is 31.3 Å². The molecule has 90 valence electrons. The maximum absolute atomic E-state index is 5.82. The van der Waals surface area contributed by atoms with Gasteiger partial charge in [-0.05, 0) is 24.7 Å². The summed E-state index contributed by atoms with van der Waals surface area (Å²) in [6.07, 6.45) is 1.40. The van der Waals surface area contributed by atoms with Gasteiger partial charge < -0.3 is 9.73 Å². The zero-order valence-corrected chi connectivity index (χ0v) is 10.4. The summed E-state index contributed by atoms with van der Waals surface area (Å²) in [5.74, 6) is 1.31. The molecule has 0 saturated carbocycles. The van der Waals surface area contributed by atoms with Crippen molar-refractivity contribution in [2.45, 2.75) is 12.8 Å². The number of hydrogen-bond acceptors (Lipinski definition) is 4. The van der Waals surface area contributed by atoms with Crippen LogP contribution in [-0.4, -0.2) is 23.8 Å². The maximum atomic E-state index is 5.82. The van der Waals surface area contributed by atoms with E-state index in [-0.39, 0.29) is 0 Å². The van der Waals surface area contributed by atoms with Crippen molar-refractivity contribution in [2.24, 2.45) is 0 Å². The van der Waals surface area contributed by atoms with Gasteiger partial charge in [-0.3, -0.25) is 0 Å². The summed E-state index contributed by atoms with van der Waals surface area (Å²) in [6, 6.07) is 7.63. The van der Waals surface area contributed by atoms with Crippen LogP contribution in [0.2, 0.25) is 5.02 Å². The Morgan fingerprint density at radius 3 is 2.59 bits per heavy atom. The van der Waals surface area contributed by atoms with Gasteiger partial charge in [0.05, 0.1) is 6.42 Å². The van der Waals surface area contributed by atoms with E-state index < -0.39 is 0 Å². The molecule has 5 heteroatoms. The van der Waals surface area contributed by atoms with E-state index in [1.165, 1.54) is 0 Å². The molecule has 4 nitrogen and oxygen atoms in total. The molecule has 0 spiro atoms. The van der Waals surface area contributed by atoms with Crippen molar-refractivity contribution in [1.29, 1.82) is 0 Å². The molecule has 17 heavy (non-hydrogen) atoms. The lowest BCUT2D eigenvalue weighted by Crippen LogP contribution is -2.10. The van der Waals surface area contributed by atoms with Crippen molar-refractivity contribution in [1.82, 2.24) is 15.5 Å². The van der Waals surface area contributed by atoms with E-state index in [9.17, 15) is 0 Å². The Bertz CT molecular complexity index is 467. The first-order valence-corrected chi connectivity index (χ1v) is 5.86. The first-order valence-electron chi connectivity index (χ1n) is 5.48. The maximum Gasteiger partial charge on any atom is 0.220 e. The highest BCUT2D eigenvalue weighted by Crippen LogP contribution is 2.13. The Kier molecular flexibility index (Phi) is 4.12. The highest BCUT2D eigenvalue weighted by Gasteiger charge is 2.06. The van der Waals surface area contributed by atoms with Crippen LogP contribution in [0.4, 0.5) is 0 Å². The average Bonchev–Trinajstić information content (AvgIpc) is 2.77. The van der Waals surface area contributed by atoms with Gasteiger partial charge in [0.25, 0.3) is 0 Å². The van der Waals surface area contributed by atoms with Crippen molar-refractivity contribution in [3.63, 3.8) is 0 Å². The van der Waals surface area contributed by atoms with Gasteiger partial charge in [0.15, 0.2) is 0 Å². The molecule has 1 aromatic carbocycles. The molecule has 0 aliphatic carbocycles. The normalized spacial score (nSPS) is 10.7. The molecule has 2 rings (SSSR count). The highest BCUT2D eigenvalue weighted by atomic mass is 35.5. The zero-order valence-electron chi connectivity index (χ0n) is 9.61. The number of aromatic nitrogens is 2. The van der Waals surface area contributed by atoms with Crippen molar-refractivity contribution in [3.05, 3.63) is 46.6 Å². The number of nitrogens with one attached hydrogen (secondary N) is 1. The van der Waals surface area contributed by atoms with Crippen LogP contribution in [0.25, 0.3) is 0 Å². The molecular formula is C12H14ClN3O. The molecule has 0 radical (unpaired) electrons. The van der Waals surface area contributed by atoms with E-state index in [0.717, 1.165) is 23.6 Å². The van der Waals surface area contributed by atoms with Crippen LogP contribution >= 0.6 is 11.6 Å². The fraction of sp³-hybridized carbons (Fsp3) is 0.333. The van der Waals surface area contributed by atoms with Crippen molar-refractivity contribution < 1.29 is 4.42 Å². The molecule has 0 fully saturated rings. The van der Waals surface area contributed by atoms with Crippen molar-refractivity contribution >= 4 is 11.6 Å². The summed E-state index contributed by atoms with van der Waals surface area (Å²) >= 11 is 5.82. The predicted octanol–water partition coefficient (Wildman–Crippen LogP) is 2.08. The van der Waals surface area contributed by atoms with Gasteiger partial charge in [0, 0.05) is 18.0 Å². The van der Waals surface area contributed by atoms with Gasteiger partial charge in [-0.2, -0.15) is 0 Å². The Hall–Kier alpha value is -1.39. The van der Waals surface area contributed by atoms with Gasteiger partial charge >= 0.3 is 0 Å². The van der Waals surface area contributed by atoms with Crippen LogP contribution in [0.3, 0.4) is 0 Å². The van der Waals surface area contributed by atoms with E-state index in [4.69, 9.17) is 16.0 Å². The third kappa shape index (κ3) is 3.54. The van der Waals surface area contributed by atoms with Gasteiger partial charge in [0.1, 0.15) is 0 Å². The van der Waals surface area contributed by atoms with Gasteiger partial charge in [-0.15, -0.1) is 10.2 Å². The van der Waals surface area contributed by atoms with E-state index in [1.54, 1.807) is 0 Å². The summed E-state index contributed by atoms with van der Waals surface area (Å²) < 4.78 is 5.52. The average molecular weight is 252 g/mol. The first-order chi connectivity index (χ1) is 8.28. The molecule has 0 amide bonds. The van der Waals surface area contributed by atoms with Gasteiger partial charge in [-0.1, -0.05) is 23.7 Å². The minimum Gasteiger partial charge on any atom is -0.425 e. The predicted molar refractivity (Wildman–Crippen MR) is 66.2 cm³/mol. The van der Waals surface area contributed by atoms with E-state index >= 15 is 0 Å². The summed E-state index contributed by atoms with van der Waals surface area (Å²) in [5, 5.41) is 11.8. The second-order valence-corrected chi connectivity index (χ2v) is 4.18. The fourth-order valence-electron chi connectivity index (χ4n) is 1.47. The SMILES string of the molecule is CNCCc1nnc(Cc2ccc(Cl)cc2)o1. The third-order valence-electron chi connectivity index (χ3n) is 2.37. The zero-order chi connectivity index (χ0) is 12.1. The largest absolute Gasteiger partial charge is 0.425 e. The summed E-state index contributed by atoms with van der Waals surface area (Å²) in [6.45, 7) is 0.836. The quantitative estimate of drug-likeness (QED) is 0.884. The van der Waals surface area contributed by atoms with E-state index in [2.05, 4.69) is 15.5 Å². The standard InChI is InChI=1S/C12H14ClN3O/c1-14-7-6-11-15-16-12(17-11)8-9-2-4-10(13)5-3-9/h2-5,14H,6-8H2,1H3. The number of benzene rings is 1. The summed E-state index contributed by atoms with van der Waals surface area (Å²) in [4.78, 5) is 0. The Morgan fingerprint density at radius 1 is 1.18 bits per heavy atom. The number of nitrogens with zero attached hydrogens (tertiary/aromatic N) is 2. The summed E-state index contributed by atoms with van der Waals surface area (Å²) in [5.41, 5.74) is 1.11. The lowest BCUT2D eigenvalue weighted by atomic mass is 10.1. The Morgan fingerprint density at radius 2 is 1.88 bits per heavy atom. The highest BCUT2D eigenvalue weighted by molar-refractivity contribution is 6.30. The number of halogens is 1. The molecule has 0 aliphatic rings. The lowest BCUT2D eigenvalue weighted by Gasteiger charge is -1.96. The van der Waals surface area contributed by atoms with Crippen LogP contribution in [0.1, 0.15) is 17.3 Å². The van der Waals surface area contributed by atoms with Crippen LogP contribution in [0.5, 0.6) is 0 Å². The first kappa shape index (κ1) is 12.1. The van der Waals surface area contributed by atoms with Gasteiger partial charge in [-0.25, -0.2) is 0 Å². The number of rotatable bonds is 5. The molecule has 0 bridgehead atoms. The molecule has 0 aliphatic heterocycles. The second kappa shape index (κ2) is 5.80. The number of hydrogen-bond donors (Lipinski definition) is 1. The third-order valence-corrected chi connectivity index (χ3v) is 2.62. The molecule has 1 aromatic heterocycles. The van der Waals surface area contributed by atoms with Crippen LogP contribution < -0.4 is 5.32 Å². The monoisotopic (exact) mass is 251 g/mol. The number of likely N-dealkylation sites (N-methyl/N-ethyl adjacent to an activating group) is 1. The van der Waals surface area contributed by atoms with Gasteiger partial charge in [0.2, 0.25) is 11.8 Å². The molecule has 2 aromatic rings. The van der Waals surface area contributed by atoms with Crippen molar-refractivity contribution in [2.75, 3.05) is 13.6 Å².